The Balaban J connectivity index is 1.43. The van der Waals surface area contributed by atoms with Gasteiger partial charge in [-0.05, 0) is 41.0 Å². The van der Waals surface area contributed by atoms with Gasteiger partial charge in [0, 0.05) is 10.9 Å². The maximum absolute atomic E-state index is 13.1. The number of nitrogens with zero attached hydrogens (tertiary/aromatic N) is 2. The molecular formula is C30H20F3N3O. The molecule has 0 spiro atoms. The van der Waals surface area contributed by atoms with Gasteiger partial charge in [-0.15, -0.1) is 0 Å². The van der Waals surface area contributed by atoms with E-state index in [9.17, 15) is 18.0 Å². The number of nitrogens with one attached hydrogen (secondary N) is 1. The summed E-state index contributed by atoms with van der Waals surface area (Å²) in [4.78, 5) is 17.8. The van der Waals surface area contributed by atoms with E-state index >= 15 is 0 Å². The lowest BCUT2D eigenvalue weighted by molar-refractivity contribution is -0.137. The van der Waals surface area contributed by atoms with E-state index in [0.29, 0.717) is 22.2 Å². The molecule has 0 aliphatic heterocycles. The van der Waals surface area contributed by atoms with E-state index in [1.54, 1.807) is 18.2 Å². The third-order valence-corrected chi connectivity index (χ3v) is 5.84. The summed E-state index contributed by atoms with van der Waals surface area (Å²) in [6.45, 7) is 0. The summed E-state index contributed by atoms with van der Waals surface area (Å²) in [5.74, 6) is -0.496. The lowest BCUT2D eigenvalue weighted by atomic mass is 10.0. The number of halogens is 3. The summed E-state index contributed by atoms with van der Waals surface area (Å²) in [7, 11) is 0. The normalized spacial score (nSPS) is 11.6. The standard InChI is InChI=1S/C30H20F3N3O/c31-30(32,33)24-10-6-7-20(17-24)19-34-36-29(37)26-18-28(35-27-12-5-4-11-25(26)27)23-15-13-22(14-16-23)21-8-2-1-3-9-21/h1-19H,(H,36,37)/b34-19+. The number of aromatic nitrogens is 1. The zero-order valence-electron chi connectivity index (χ0n) is 19.4. The van der Waals surface area contributed by atoms with E-state index in [-0.39, 0.29) is 5.56 Å². The molecule has 0 saturated heterocycles. The van der Waals surface area contributed by atoms with Gasteiger partial charge < -0.3 is 0 Å². The molecule has 0 bridgehead atoms. The average molecular weight is 496 g/mol. The molecule has 4 aromatic carbocycles. The van der Waals surface area contributed by atoms with Crippen LogP contribution in [-0.2, 0) is 6.18 Å². The number of para-hydroxylation sites is 1. The lowest BCUT2D eigenvalue weighted by Crippen LogP contribution is -2.18. The molecule has 0 atom stereocenters. The van der Waals surface area contributed by atoms with Crippen molar-refractivity contribution in [3.63, 3.8) is 0 Å². The molecule has 182 valence electrons. The van der Waals surface area contributed by atoms with Crippen LogP contribution in [0.15, 0.2) is 114 Å². The number of amides is 1. The van der Waals surface area contributed by atoms with Crippen LogP contribution in [0.2, 0.25) is 0 Å². The molecule has 5 rings (SSSR count). The Labute approximate surface area is 211 Å². The highest BCUT2D eigenvalue weighted by molar-refractivity contribution is 6.07. The minimum Gasteiger partial charge on any atom is -0.267 e. The number of alkyl halides is 3. The van der Waals surface area contributed by atoms with E-state index in [4.69, 9.17) is 4.98 Å². The first-order valence-corrected chi connectivity index (χ1v) is 11.4. The molecule has 0 saturated carbocycles. The number of benzene rings is 4. The van der Waals surface area contributed by atoms with Crippen LogP contribution in [0.1, 0.15) is 21.5 Å². The zero-order valence-corrected chi connectivity index (χ0v) is 19.4. The average Bonchev–Trinajstić information content (AvgIpc) is 2.92. The topological polar surface area (TPSA) is 54.4 Å². The zero-order chi connectivity index (χ0) is 25.8. The van der Waals surface area contributed by atoms with Gasteiger partial charge in [0.25, 0.3) is 5.91 Å². The number of fused-ring (bicyclic) bond motifs is 1. The minimum absolute atomic E-state index is 0.217. The second-order valence-electron chi connectivity index (χ2n) is 8.34. The van der Waals surface area contributed by atoms with Crippen molar-refractivity contribution in [2.75, 3.05) is 0 Å². The van der Waals surface area contributed by atoms with Gasteiger partial charge in [-0.2, -0.15) is 18.3 Å². The maximum atomic E-state index is 13.1. The Morgan fingerprint density at radius 3 is 2.19 bits per heavy atom. The summed E-state index contributed by atoms with van der Waals surface area (Å²) in [5.41, 5.74) is 6.47. The van der Waals surface area contributed by atoms with Gasteiger partial charge >= 0.3 is 6.18 Å². The van der Waals surface area contributed by atoms with Crippen LogP contribution in [-0.4, -0.2) is 17.1 Å². The number of hydrogen-bond acceptors (Lipinski definition) is 3. The van der Waals surface area contributed by atoms with E-state index in [1.165, 1.54) is 18.3 Å². The first-order valence-electron chi connectivity index (χ1n) is 11.4. The molecule has 0 unspecified atom stereocenters. The quantitative estimate of drug-likeness (QED) is 0.205. The predicted octanol–water partition coefficient (Wildman–Crippen LogP) is 7.35. The van der Waals surface area contributed by atoms with Crippen molar-refractivity contribution in [2.24, 2.45) is 5.10 Å². The molecule has 1 heterocycles. The van der Waals surface area contributed by atoms with Crippen LogP contribution in [0.4, 0.5) is 13.2 Å². The van der Waals surface area contributed by atoms with Gasteiger partial charge in [0.2, 0.25) is 0 Å². The van der Waals surface area contributed by atoms with Crippen molar-refractivity contribution in [3.8, 4) is 22.4 Å². The highest BCUT2D eigenvalue weighted by Gasteiger charge is 2.30. The van der Waals surface area contributed by atoms with E-state index in [0.717, 1.165) is 28.8 Å². The van der Waals surface area contributed by atoms with Crippen molar-refractivity contribution in [3.05, 3.63) is 126 Å². The minimum atomic E-state index is -4.46. The number of carbonyl (C=O) groups excluding carboxylic acids is 1. The van der Waals surface area contributed by atoms with Crippen molar-refractivity contribution < 1.29 is 18.0 Å². The number of carbonyl (C=O) groups is 1. The Bertz CT molecular complexity index is 1590. The van der Waals surface area contributed by atoms with Crippen molar-refractivity contribution in [2.45, 2.75) is 6.18 Å². The van der Waals surface area contributed by atoms with Crippen LogP contribution in [0.5, 0.6) is 0 Å². The van der Waals surface area contributed by atoms with E-state index < -0.39 is 17.6 Å². The van der Waals surface area contributed by atoms with Crippen LogP contribution in [0.3, 0.4) is 0 Å². The molecule has 0 radical (unpaired) electrons. The SMILES string of the molecule is O=C(N/N=C/c1cccc(C(F)(F)F)c1)c1cc(-c2ccc(-c3ccccc3)cc2)nc2ccccc12. The molecule has 1 N–H and O–H groups in total. The fourth-order valence-electron chi connectivity index (χ4n) is 4.00. The number of pyridine rings is 1. The van der Waals surface area contributed by atoms with Gasteiger partial charge in [0.15, 0.2) is 0 Å². The second kappa shape index (κ2) is 10.1. The monoisotopic (exact) mass is 495 g/mol. The van der Waals surface area contributed by atoms with Gasteiger partial charge in [0.05, 0.1) is 28.6 Å². The molecular weight excluding hydrogens is 475 g/mol. The first kappa shape index (κ1) is 23.9. The van der Waals surface area contributed by atoms with Crippen LogP contribution >= 0.6 is 0 Å². The van der Waals surface area contributed by atoms with Crippen molar-refractivity contribution >= 4 is 23.0 Å². The summed E-state index contributed by atoms with van der Waals surface area (Å²) in [6, 6.07) is 31.6. The molecule has 0 fully saturated rings. The number of rotatable bonds is 5. The molecule has 1 aromatic heterocycles. The molecule has 0 aliphatic rings. The fourth-order valence-corrected chi connectivity index (χ4v) is 4.00. The second-order valence-corrected chi connectivity index (χ2v) is 8.34. The largest absolute Gasteiger partial charge is 0.416 e. The van der Waals surface area contributed by atoms with E-state index in [2.05, 4.69) is 10.5 Å². The Hall–Kier alpha value is -4.78. The highest BCUT2D eigenvalue weighted by atomic mass is 19.4. The third kappa shape index (κ3) is 5.41. The molecule has 4 nitrogen and oxygen atoms in total. The summed E-state index contributed by atoms with van der Waals surface area (Å²) >= 11 is 0. The highest BCUT2D eigenvalue weighted by Crippen LogP contribution is 2.30. The van der Waals surface area contributed by atoms with Crippen molar-refractivity contribution in [1.29, 1.82) is 0 Å². The maximum Gasteiger partial charge on any atom is 0.416 e. The molecule has 5 aromatic rings. The van der Waals surface area contributed by atoms with Crippen LogP contribution in [0.25, 0.3) is 33.3 Å². The van der Waals surface area contributed by atoms with Gasteiger partial charge in [-0.1, -0.05) is 84.9 Å². The Morgan fingerprint density at radius 1 is 0.757 bits per heavy atom. The summed E-state index contributed by atoms with van der Waals surface area (Å²) in [5, 5.41) is 4.52. The fraction of sp³-hybridized carbons (Fsp3) is 0.0333. The van der Waals surface area contributed by atoms with E-state index in [1.807, 2.05) is 66.7 Å². The number of hydrazone groups is 1. The number of hydrogen-bond donors (Lipinski definition) is 1. The Morgan fingerprint density at radius 2 is 1.43 bits per heavy atom. The molecule has 37 heavy (non-hydrogen) atoms. The first-order chi connectivity index (χ1) is 17.9. The Kier molecular flexibility index (Phi) is 6.51. The molecule has 1 amide bonds. The smallest absolute Gasteiger partial charge is 0.267 e. The summed E-state index contributed by atoms with van der Waals surface area (Å²) < 4.78 is 38.9. The van der Waals surface area contributed by atoms with Crippen LogP contribution < -0.4 is 5.43 Å². The van der Waals surface area contributed by atoms with Crippen molar-refractivity contribution in [1.82, 2.24) is 10.4 Å². The van der Waals surface area contributed by atoms with Crippen LogP contribution in [0, 0.1) is 0 Å². The molecule has 7 heteroatoms. The third-order valence-electron chi connectivity index (χ3n) is 5.84. The van der Waals surface area contributed by atoms with Gasteiger partial charge in [-0.3, -0.25) is 4.79 Å². The molecule has 0 aliphatic carbocycles. The lowest BCUT2D eigenvalue weighted by Gasteiger charge is -2.10. The van der Waals surface area contributed by atoms with Gasteiger partial charge in [0.1, 0.15) is 0 Å². The summed E-state index contributed by atoms with van der Waals surface area (Å²) in [6.07, 6.45) is -3.28. The predicted molar refractivity (Wildman–Crippen MR) is 139 cm³/mol. The van der Waals surface area contributed by atoms with Gasteiger partial charge in [-0.25, -0.2) is 10.4 Å².